The average Bonchev–Trinajstić information content (AvgIpc) is 2.88. The van der Waals surface area contributed by atoms with E-state index >= 15 is 0 Å². The number of aliphatic carboxylic acids is 1. The first-order chi connectivity index (χ1) is 10.6. The highest BCUT2D eigenvalue weighted by Gasteiger charge is 2.58. The fraction of sp³-hybridized carbons (Fsp3) is 0.308. The number of carbonyl (C=O) groups is 2. The first-order valence-electron chi connectivity index (χ1n) is 6.27. The van der Waals surface area contributed by atoms with Crippen molar-refractivity contribution >= 4 is 33.4 Å². The fourth-order valence-electron chi connectivity index (χ4n) is 1.82. The summed E-state index contributed by atoms with van der Waals surface area (Å²) in [5.41, 5.74) is -3.22. The van der Waals surface area contributed by atoms with Crippen LogP contribution in [0.4, 0.5) is 13.2 Å². The SMILES string of the molecule is O=C(O)CNC(=O)CC(O)(c1nc2ccccc2s1)C(F)(F)F. The average molecular weight is 348 g/mol. The lowest BCUT2D eigenvalue weighted by Crippen LogP contribution is -2.46. The molecular formula is C13H11F3N2O4S. The van der Waals surface area contributed by atoms with Gasteiger partial charge in [-0.2, -0.15) is 13.2 Å². The zero-order chi connectivity index (χ0) is 17.3. The minimum atomic E-state index is -5.15. The van der Waals surface area contributed by atoms with Gasteiger partial charge in [0.05, 0.1) is 16.6 Å². The number of carbonyl (C=O) groups excluding carboxylic acids is 1. The van der Waals surface area contributed by atoms with Crippen LogP contribution in [-0.2, 0) is 15.2 Å². The molecule has 0 aliphatic rings. The highest BCUT2D eigenvalue weighted by atomic mass is 32.1. The Morgan fingerprint density at radius 2 is 1.91 bits per heavy atom. The van der Waals surface area contributed by atoms with Gasteiger partial charge in [0.15, 0.2) is 0 Å². The van der Waals surface area contributed by atoms with Gasteiger partial charge in [0, 0.05) is 0 Å². The van der Waals surface area contributed by atoms with E-state index in [1.807, 2.05) is 0 Å². The summed E-state index contributed by atoms with van der Waals surface area (Å²) >= 11 is 0.620. The molecule has 2 aromatic rings. The maximum atomic E-state index is 13.3. The number of para-hydroxylation sites is 1. The van der Waals surface area contributed by atoms with E-state index in [0.29, 0.717) is 16.0 Å². The number of aromatic nitrogens is 1. The number of amides is 1. The van der Waals surface area contributed by atoms with Crippen LogP contribution in [-0.4, -0.2) is 39.8 Å². The molecule has 0 bridgehead atoms. The van der Waals surface area contributed by atoms with Gasteiger partial charge in [-0.3, -0.25) is 9.59 Å². The van der Waals surface area contributed by atoms with Gasteiger partial charge in [-0.05, 0) is 12.1 Å². The number of carboxylic acid groups (broad SMARTS) is 1. The number of carboxylic acids is 1. The summed E-state index contributed by atoms with van der Waals surface area (Å²) in [6.45, 7) is -0.841. The molecule has 0 fully saturated rings. The number of halogens is 3. The summed E-state index contributed by atoms with van der Waals surface area (Å²) in [4.78, 5) is 25.6. The summed E-state index contributed by atoms with van der Waals surface area (Å²) in [6, 6.07) is 6.21. The fourth-order valence-corrected chi connectivity index (χ4v) is 2.89. The van der Waals surface area contributed by atoms with Gasteiger partial charge < -0.3 is 15.5 Å². The van der Waals surface area contributed by atoms with Crippen molar-refractivity contribution in [1.29, 1.82) is 0 Å². The summed E-state index contributed by atoms with van der Waals surface area (Å²) < 4.78 is 40.3. The minimum absolute atomic E-state index is 0.265. The molecule has 3 N–H and O–H groups in total. The minimum Gasteiger partial charge on any atom is -0.480 e. The lowest BCUT2D eigenvalue weighted by atomic mass is 9.99. The van der Waals surface area contributed by atoms with Crippen molar-refractivity contribution in [1.82, 2.24) is 10.3 Å². The van der Waals surface area contributed by atoms with Crippen molar-refractivity contribution in [2.24, 2.45) is 0 Å². The number of nitrogens with one attached hydrogen (secondary N) is 1. The molecule has 0 saturated heterocycles. The number of alkyl halides is 3. The van der Waals surface area contributed by atoms with E-state index in [-0.39, 0.29) is 5.52 Å². The molecule has 0 saturated carbocycles. The van der Waals surface area contributed by atoms with Crippen LogP contribution in [0.3, 0.4) is 0 Å². The molecule has 1 unspecified atom stereocenters. The molecular weight excluding hydrogens is 337 g/mol. The molecule has 0 spiro atoms. The molecule has 1 amide bonds. The first-order valence-corrected chi connectivity index (χ1v) is 7.09. The third-order valence-electron chi connectivity index (χ3n) is 2.97. The van der Waals surface area contributed by atoms with E-state index in [2.05, 4.69) is 4.98 Å². The Bertz CT molecular complexity index is 713. The smallest absolute Gasteiger partial charge is 0.424 e. The highest BCUT2D eigenvalue weighted by Crippen LogP contribution is 2.44. The summed E-state index contributed by atoms with van der Waals surface area (Å²) in [6.07, 6.45) is -6.52. The lowest BCUT2D eigenvalue weighted by molar-refractivity contribution is -0.267. The van der Waals surface area contributed by atoms with Gasteiger partial charge in [-0.1, -0.05) is 12.1 Å². The van der Waals surface area contributed by atoms with Gasteiger partial charge in [-0.25, -0.2) is 4.98 Å². The van der Waals surface area contributed by atoms with E-state index in [4.69, 9.17) is 5.11 Å². The molecule has 1 aromatic carbocycles. The number of nitrogens with zero attached hydrogens (tertiary/aromatic N) is 1. The number of aliphatic hydroxyl groups is 1. The topological polar surface area (TPSA) is 99.5 Å². The van der Waals surface area contributed by atoms with Gasteiger partial charge >= 0.3 is 12.1 Å². The quantitative estimate of drug-likeness (QED) is 0.763. The van der Waals surface area contributed by atoms with Crippen LogP contribution in [0.2, 0.25) is 0 Å². The third-order valence-corrected chi connectivity index (χ3v) is 4.16. The molecule has 2 rings (SSSR count). The van der Waals surface area contributed by atoms with Gasteiger partial charge in [0.25, 0.3) is 0 Å². The molecule has 0 aliphatic heterocycles. The second-order valence-corrected chi connectivity index (χ2v) is 5.72. The van der Waals surface area contributed by atoms with Crippen LogP contribution >= 0.6 is 11.3 Å². The van der Waals surface area contributed by atoms with Crippen LogP contribution in [0.5, 0.6) is 0 Å². The van der Waals surface area contributed by atoms with Crippen LogP contribution in [0.15, 0.2) is 24.3 Å². The third kappa shape index (κ3) is 3.59. The zero-order valence-corrected chi connectivity index (χ0v) is 12.2. The molecule has 1 heterocycles. The van der Waals surface area contributed by atoms with Gasteiger partial charge in [0.2, 0.25) is 11.5 Å². The Morgan fingerprint density at radius 1 is 1.26 bits per heavy atom. The number of hydrogen-bond donors (Lipinski definition) is 3. The van der Waals surface area contributed by atoms with Gasteiger partial charge in [0.1, 0.15) is 11.6 Å². The van der Waals surface area contributed by atoms with Gasteiger partial charge in [-0.15, -0.1) is 11.3 Å². The maximum Gasteiger partial charge on any atom is 0.424 e. The van der Waals surface area contributed by atoms with E-state index in [9.17, 15) is 27.9 Å². The van der Waals surface area contributed by atoms with Crippen molar-refractivity contribution in [2.45, 2.75) is 18.2 Å². The second kappa shape index (κ2) is 6.13. The number of rotatable bonds is 5. The molecule has 1 atom stereocenters. The van der Waals surface area contributed by atoms with E-state index in [1.165, 1.54) is 12.1 Å². The monoisotopic (exact) mass is 348 g/mol. The molecule has 23 heavy (non-hydrogen) atoms. The van der Waals surface area contributed by atoms with Crippen LogP contribution in [0.1, 0.15) is 11.4 Å². The molecule has 10 heteroatoms. The summed E-state index contributed by atoms with van der Waals surface area (Å²) in [5, 5.41) is 19.6. The van der Waals surface area contributed by atoms with Crippen molar-refractivity contribution in [3.8, 4) is 0 Å². The number of hydrogen-bond acceptors (Lipinski definition) is 5. The van der Waals surface area contributed by atoms with Crippen molar-refractivity contribution in [3.05, 3.63) is 29.3 Å². The Balaban J connectivity index is 2.35. The maximum absolute atomic E-state index is 13.3. The lowest BCUT2D eigenvalue weighted by Gasteiger charge is -2.27. The highest BCUT2D eigenvalue weighted by molar-refractivity contribution is 7.18. The molecule has 0 aliphatic carbocycles. The predicted molar refractivity (Wildman–Crippen MR) is 74.8 cm³/mol. The normalized spacial score (nSPS) is 14.4. The van der Waals surface area contributed by atoms with E-state index in [0.717, 1.165) is 0 Å². The Kier molecular flexibility index (Phi) is 4.57. The molecule has 1 aromatic heterocycles. The van der Waals surface area contributed by atoms with Crippen molar-refractivity contribution in [2.75, 3.05) is 6.54 Å². The summed E-state index contributed by atoms with van der Waals surface area (Å²) in [7, 11) is 0. The Morgan fingerprint density at radius 3 is 2.48 bits per heavy atom. The van der Waals surface area contributed by atoms with E-state index in [1.54, 1.807) is 17.4 Å². The summed E-state index contributed by atoms with van der Waals surface area (Å²) in [5.74, 6) is -2.65. The van der Waals surface area contributed by atoms with Crippen LogP contribution in [0.25, 0.3) is 10.2 Å². The van der Waals surface area contributed by atoms with Crippen LogP contribution in [0, 0.1) is 0 Å². The Hall–Kier alpha value is -2.20. The van der Waals surface area contributed by atoms with Crippen molar-refractivity contribution in [3.63, 3.8) is 0 Å². The first kappa shape index (κ1) is 17.2. The molecule has 6 nitrogen and oxygen atoms in total. The Labute approximate surface area is 131 Å². The second-order valence-electron chi connectivity index (χ2n) is 4.69. The predicted octanol–water partition coefficient (Wildman–Crippen LogP) is 1.64. The van der Waals surface area contributed by atoms with Crippen LogP contribution < -0.4 is 5.32 Å². The largest absolute Gasteiger partial charge is 0.480 e. The molecule has 124 valence electrons. The molecule has 0 radical (unpaired) electrons. The van der Waals surface area contributed by atoms with Crippen molar-refractivity contribution < 1.29 is 33.0 Å². The standard InChI is InChI=1S/C13H11F3N2O4S/c14-13(15,16)12(22,5-9(19)17-6-10(20)21)11-18-7-3-1-2-4-8(7)23-11/h1-4,22H,5-6H2,(H,17,19)(H,20,21). The number of fused-ring (bicyclic) bond motifs is 1. The van der Waals surface area contributed by atoms with E-state index < -0.39 is 41.6 Å². The zero-order valence-electron chi connectivity index (χ0n) is 11.4. The number of benzene rings is 1. The number of thiazole rings is 1.